The standard InChI is InChI=1S/C12H18N4/c1-13-5-10-6-14-12(15-7-10)16-8-9-2-3-11(16)4-9/h6-7,9,11,13H,2-5,8H2,1H3. The summed E-state index contributed by atoms with van der Waals surface area (Å²) >= 11 is 0. The van der Waals surface area contributed by atoms with Crippen molar-refractivity contribution >= 4 is 5.95 Å². The molecule has 2 unspecified atom stereocenters. The van der Waals surface area contributed by atoms with Gasteiger partial charge < -0.3 is 10.2 Å². The summed E-state index contributed by atoms with van der Waals surface area (Å²) in [5, 5.41) is 3.11. The number of nitrogens with one attached hydrogen (secondary N) is 1. The second-order valence-electron chi connectivity index (χ2n) is 4.91. The van der Waals surface area contributed by atoms with Gasteiger partial charge in [0.25, 0.3) is 0 Å². The van der Waals surface area contributed by atoms with Crippen LogP contribution in [-0.4, -0.2) is 29.6 Å². The van der Waals surface area contributed by atoms with E-state index in [1.54, 1.807) is 0 Å². The molecule has 3 rings (SSSR count). The Hall–Kier alpha value is -1.16. The zero-order valence-corrected chi connectivity index (χ0v) is 9.69. The topological polar surface area (TPSA) is 41.1 Å². The van der Waals surface area contributed by atoms with E-state index in [2.05, 4.69) is 20.2 Å². The zero-order chi connectivity index (χ0) is 11.0. The maximum absolute atomic E-state index is 4.47. The van der Waals surface area contributed by atoms with Crippen LogP contribution in [0.25, 0.3) is 0 Å². The average molecular weight is 218 g/mol. The quantitative estimate of drug-likeness (QED) is 0.827. The summed E-state index contributed by atoms with van der Waals surface area (Å²) in [6, 6.07) is 0.708. The number of fused-ring (bicyclic) bond motifs is 2. The first kappa shape index (κ1) is 10.0. The number of piperidine rings is 1. The van der Waals surface area contributed by atoms with Gasteiger partial charge in [0.05, 0.1) is 0 Å². The molecule has 1 aliphatic carbocycles. The number of nitrogens with zero attached hydrogens (tertiary/aromatic N) is 3. The number of hydrogen-bond acceptors (Lipinski definition) is 4. The van der Waals surface area contributed by atoms with Crippen molar-refractivity contribution in [2.45, 2.75) is 31.8 Å². The highest BCUT2D eigenvalue weighted by Crippen LogP contribution is 2.38. The molecule has 16 heavy (non-hydrogen) atoms. The van der Waals surface area contributed by atoms with Gasteiger partial charge in [-0.1, -0.05) is 0 Å². The first-order chi connectivity index (χ1) is 7.86. The first-order valence-corrected chi connectivity index (χ1v) is 6.09. The van der Waals surface area contributed by atoms with E-state index in [0.717, 1.165) is 30.5 Å². The Balaban J connectivity index is 1.75. The van der Waals surface area contributed by atoms with Gasteiger partial charge in [-0.3, -0.25) is 0 Å². The van der Waals surface area contributed by atoms with E-state index in [1.165, 1.54) is 19.3 Å². The molecule has 2 heterocycles. The smallest absolute Gasteiger partial charge is 0.225 e. The third-order valence-electron chi connectivity index (χ3n) is 3.74. The second kappa shape index (κ2) is 4.01. The fraction of sp³-hybridized carbons (Fsp3) is 0.667. The summed E-state index contributed by atoms with van der Waals surface area (Å²) in [5.41, 5.74) is 1.15. The predicted molar refractivity (Wildman–Crippen MR) is 63.3 cm³/mol. The second-order valence-corrected chi connectivity index (χ2v) is 4.91. The van der Waals surface area contributed by atoms with E-state index in [4.69, 9.17) is 0 Å². The molecule has 1 saturated heterocycles. The van der Waals surface area contributed by atoms with Crippen LogP contribution in [0.4, 0.5) is 5.95 Å². The molecule has 0 radical (unpaired) electrons. The molecule has 2 aliphatic rings. The minimum absolute atomic E-state index is 0.708. The monoisotopic (exact) mass is 218 g/mol. The zero-order valence-electron chi connectivity index (χ0n) is 9.69. The van der Waals surface area contributed by atoms with Gasteiger partial charge in [-0.25, -0.2) is 9.97 Å². The predicted octanol–water partition coefficient (Wildman–Crippen LogP) is 1.18. The van der Waals surface area contributed by atoms with Crippen LogP contribution < -0.4 is 10.2 Å². The molecular formula is C12H18N4. The fourth-order valence-corrected chi connectivity index (χ4v) is 2.96. The van der Waals surface area contributed by atoms with Crippen molar-refractivity contribution in [1.29, 1.82) is 0 Å². The summed E-state index contributed by atoms with van der Waals surface area (Å²) in [6.07, 6.45) is 7.95. The van der Waals surface area contributed by atoms with Crippen molar-refractivity contribution in [3.05, 3.63) is 18.0 Å². The van der Waals surface area contributed by atoms with Gasteiger partial charge in [0.1, 0.15) is 0 Å². The van der Waals surface area contributed by atoms with Crippen LogP contribution in [0.15, 0.2) is 12.4 Å². The number of anilines is 1. The van der Waals surface area contributed by atoms with Crippen molar-refractivity contribution in [1.82, 2.24) is 15.3 Å². The van der Waals surface area contributed by atoms with Crippen LogP contribution in [0.5, 0.6) is 0 Å². The van der Waals surface area contributed by atoms with E-state index >= 15 is 0 Å². The molecule has 2 atom stereocenters. The Morgan fingerprint density at radius 2 is 2.19 bits per heavy atom. The van der Waals surface area contributed by atoms with Crippen molar-refractivity contribution in [2.75, 3.05) is 18.5 Å². The summed E-state index contributed by atoms with van der Waals surface area (Å²) in [7, 11) is 1.94. The van der Waals surface area contributed by atoms with Gasteiger partial charge >= 0.3 is 0 Å². The summed E-state index contributed by atoms with van der Waals surface area (Å²) in [6.45, 7) is 2.00. The normalized spacial score (nSPS) is 27.7. The van der Waals surface area contributed by atoms with Crippen molar-refractivity contribution in [3.8, 4) is 0 Å². The molecule has 1 aliphatic heterocycles. The molecule has 86 valence electrons. The Bertz CT molecular complexity index is 362. The molecule has 4 nitrogen and oxygen atoms in total. The van der Waals surface area contributed by atoms with Gasteiger partial charge in [-0.2, -0.15) is 0 Å². The van der Waals surface area contributed by atoms with E-state index in [-0.39, 0.29) is 0 Å². The molecular weight excluding hydrogens is 200 g/mol. The van der Waals surface area contributed by atoms with E-state index < -0.39 is 0 Å². The van der Waals surface area contributed by atoms with Crippen molar-refractivity contribution < 1.29 is 0 Å². The van der Waals surface area contributed by atoms with E-state index in [0.29, 0.717) is 6.04 Å². The number of rotatable bonds is 3. The minimum atomic E-state index is 0.708. The lowest BCUT2D eigenvalue weighted by atomic mass is 10.1. The van der Waals surface area contributed by atoms with Crippen molar-refractivity contribution in [2.24, 2.45) is 5.92 Å². The lowest BCUT2D eigenvalue weighted by Crippen LogP contribution is -2.33. The van der Waals surface area contributed by atoms with Crippen LogP contribution in [0.3, 0.4) is 0 Å². The molecule has 1 N–H and O–H groups in total. The van der Waals surface area contributed by atoms with Gasteiger partial charge in [0.15, 0.2) is 0 Å². The molecule has 2 fully saturated rings. The summed E-state index contributed by atoms with van der Waals surface area (Å²) in [5.74, 6) is 1.82. The fourth-order valence-electron chi connectivity index (χ4n) is 2.96. The third-order valence-corrected chi connectivity index (χ3v) is 3.74. The molecule has 1 aromatic heterocycles. The van der Waals surface area contributed by atoms with Crippen molar-refractivity contribution in [3.63, 3.8) is 0 Å². The van der Waals surface area contributed by atoms with E-state index in [1.807, 2.05) is 19.4 Å². The van der Waals surface area contributed by atoms with Crippen LogP contribution in [0.2, 0.25) is 0 Å². The first-order valence-electron chi connectivity index (χ1n) is 6.09. The summed E-state index contributed by atoms with van der Waals surface area (Å²) < 4.78 is 0. The minimum Gasteiger partial charge on any atom is -0.338 e. The van der Waals surface area contributed by atoms with Gasteiger partial charge in [-0.05, 0) is 32.2 Å². The Labute approximate surface area is 96.1 Å². The van der Waals surface area contributed by atoms with Crippen LogP contribution in [0, 0.1) is 5.92 Å². The van der Waals surface area contributed by atoms with Gasteiger partial charge in [0, 0.05) is 37.1 Å². The van der Waals surface area contributed by atoms with Crippen LogP contribution >= 0.6 is 0 Å². The lowest BCUT2D eigenvalue weighted by Gasteiger charge is -2.26. The lowest BCUT2D eigenvalue weighted by molar-refractivity contribution is 0.546. The number of hydrogen-bond donors (Lipinski definition) is 1. The van der Waals surface area contributed by atoms with Gasteiger partial charge in [-0.15, -0.1) is 0 Å². The Kier molecular flexibility index (Phi) is 2.52. The molecule has 2 bridgehead atoms. The third kappa shape index (κ3) is 1.67. The highest BCUT2D eigenvalue weighted by molar-refractivity contribution is 5.35. The van der Waals surface area contributed by atoms with Crippen LogP contribution in [-0.2, 0) is 6.54 Å². The SMILES string of the molecule is CNCc1cnc(N2CC3CCC2C3)nc1. The molecule has 0 amide bonds. The number of aromatic nitrogens is 2. The molecule has 4 heteroatoms. The maximum atomic E-state index is 4.47. The van der Waals surface area contributed by atoms with Crippen LogP contribution in [0.1, 0.15) is 24.8 Å². The Morgan fingerprint density at radius 3 is 2.75 bits per heavy atom. The molecule has 0 aromatic carbocycles. The van der Waals surface area contributed by atoms with Gasteiger partial charge in [0.2, 0.25) is 5.95 Å². The molecule has 1 saturated carbocycles. The Morgan fingerprint density at radius 1 is 1.38 bits per heavy atom. The highest BCUT2D eigenvalue weighted by Gasteiger charge is 2.38. The van der Waals surface area contributed by atoms with E-state index in [9.17, 15) is 0 Å². The highest BCUT2D eigenvalue weighted by atomic mass is 15.3. The maximum Gasteiger partial charge on any atom is 0.225 e. The molecule has 1 aromatic rings. The molecule has 0 spiro atoms. The average Bonchev–Trinajstić information content (AvgIpc) is 2.92. The largest absolute Gasteiger partial charge is 0.338 e. The summed E-state index contributed by atoms with van der Waals surface area (Å²) in [4.78, 5) is 11.3.